The average molecular weight is 272 g/mol. The van der Waals surface area contributed by atoms with Crippen LogP contribution in [0.3, 0.4) is 0 Å². The highest BCUT2D eigenvalue weighted by molar-refractivity contribution is 6.33. The predicted octanol–water partition coefficient (Wildman–Crippen LogP) is 1.81. The van der Waals surface area contributed by atoms with Crippen LogP contribution >= 0.6 is 11.6 Å². The smallest absolute Gasteiger partial charge is 0.339 e. The van der Waals surface area contributed by atoms with Crippen LogP contribution in [0.15, 0.2) is 24.3 Å². The number of carbonyl (C=O) groups excluding carboxylic acids is 1. The number of nitrogens with zero attached hydrogens (tertiary/aromatic N) is 1. The lowest BCUT2D eigenvalue weighted by Crippen LogP contribution is -2.30. The Bertz CT molecular complexity index is 384. The van der Waals surface area contributed by atoms with Crippen molar-refractivity contribution in [2.24, 2.45) is 0 Å². The number of aliphatic hydroxyl groups excluding tert-OH is 1. The lowest BCUT2D eigenvalue weighted by Gasteiger charge is -2.18. The van der Waals surface area contributed by atoms with E-state index in [9.17, 15) is 4.79 Å². The molecule has 100 valence electrons. The zero-order chi connectivity index (χ0) is 13.4. The second kappa shape index (κ2) is 8.08. The van der Waals surface area contributed by atoms with Gasteiger partial charge in [0.05, 0.1) is 17.2 Å². The maximum atomic E-state index is 11.7. The number of rotatable bonds is 7. The van der Waals surface area contributed by atoms with E-state index in [-0.39, 0.29) is 13.2 Å². The van der Waals surface area contributed by atoms with Gasteiger partial charge in [0.1, 0.15) is 6.61 Å². The van der Waals surface area contributed by atoms with Crippen molar-refractivity contribution in [2.75, 3.05) is 32.8 Å². The Morgan fingerprint density at radius 1 is 1.39 bits per heavy atom. The Morgan fingerprint density at radius 2 is 2.11 bits per heavy atom. The van der Waals surface area contributed by atoms with E-state index in [4.69, 9.17) is 21.4 Å². The van der Waals surface area contributed by atoms with Crippen LogP contribution in [-0.2, 0) is 4.74 Å². The molecule has 0 spiro atoms. The number of ether oxygens (including phenoxy) is 1. The van der Waals surface area contributed by atoms with Crippen LogP contribution in [0, 0.1) is 0 Å². The first-order valence-corrected chi connectivity index (χ1v) is 6.31. The molecule has 0 unspecified atom stereocenters. The first-order chi connectivity index (χ1) is 8.69. The summed E-state index contributed by atoms with van der Waals surface area (Å²) in [5.74, 6) is -0.416. The highest BCUT2D eigenvalue weighted by Gasteiger charge is 2.11. The van der Waals surface area contributed by atoms with E-state index in [1.54, 1.807) is 24.3 Å². The zero-order valence-corrected chi connectivity index (χ0v) is 11.2. The van der Waals surface area contributed by atoms with Gasteiger partial charge in [-0.05, 0) is 18.7 Å². The molecule has 1 rings (SSSR count). The van der Waals surface area contributed by atoms with Crippen molar-refractivity contribution in [2.45, 2.75) is 6.92 Å². The molecule has 0 amide bonds. The summed E-state index contributed by atoms with van der Waals surface area (Å²) in [6.07, 6.45) is 0. The second-order valence-corrected chi connectivity index (χ2v) is 4.18. The van der Waals surface area contributed by atoms with Crippen LogP contribution in [0.25, 0.3) is 0 Å². The fraction of sp³-hybridized carbons (Fsp3) is 0.462. The van der Waals surface area contributed by atoms with Crippen LogP contribution in [0.4, 0.5) is 0 Å². The van der Waals surface area contributed by atoms with E-state index in [1.165, 1.54) is 0 Å². The number of hydrogen-bond acceptors (Lipinski definition) is 4. The Morgan fingerprint density at radius 3 is 2.72 bits per heavy atom. The summed E-state index contributed by atoms with van der Waals surface area (Å²) in [6.45, 7) is 4.38. The van der Waals surface area contributed by atoms with Gasteiger partial charge in [-0.1, -0.05) is 30.7 Å². The normalized spacial score (nSPS) is 10.7. The number of halogens is 1. The Balaban J connectivity index is 2.40. The standard InChI is InChI=1S/C13H18ClNO3/c1-2-15(7-9-16)8-10-18-13(17)11-5-3-4-6-12(11)14/h3-6,16H,2,7-10H2,1H3. The van der Waals surface area contributed by atoms with Crippen molar-refractivity contribution in [3.8, 4) is 0 Å². The minimum Gasteiger partial charge on any atom is -0.461 e. The molecule has 0 aliphatic heterocycles. The summed E-state index contributed by atoms with van der Waals surface area (Å²) in [6, 6.07) is 6.80. The highest BCUT2D eigenvalue weighted by atomic mass is 35.5. The number of carbonyl (C=O) groups is 1. The van der Waals surface area contributed by atoms with Crippen molar-refractivity contribution >= 4 is 17.6 Å². The molecular weight excluding hydrogens is 254 g/mol. The van der Waals surface area contributed by atoms with Gasteiger partial charge in [-0.3, -0.25) is 4.90 Å². The van der Waals surface area contributed by atoms with Crippen LogP contribution in [-0.4, -0.2) is 48.8 Å². The first-order valence-electron chi connectivity index (χ1n) is 5.94. The van der Waals surface area contributed by atoms with E-state index in [0.717, 1.165) is 6.54 Å². The van der Waals surface area contributed by atoms with Crippen molar-refractivity contribution in [1.82, 2.24) is 4.90 Å². The molecule has 0 aliphatic carbocycles. The fourth-order valence-electron chi connectivity index (χ4n) is 1.54. The Labute approximate surface area is 112 Å². The van der Waals surface area contributed by atoms with Gasteiger partial charge in [-0.25, -0.2) is 4.79 Å². The summed E-state index contributed by atoms with van der Waals surface area (Å²) < 4.78 is 5.14. The summed E-state index contributed by atoms with van der Waals surface area (Å²) in [5, 5.41) is 9.22. The van der Waals surface area contributed by atoms with Crippen molar-refractivity contribution in [1.29, 1.82) is 0 Å². The number of benzene rings is 1. The second-order valence-electron chi connectivity index (χ2n) is 3.77. The molecule has 0 saturated heterocycles. The molecule has 0 fully saturated rings. The van der Waals surface area contributed by atoms with Gasteiger partial charge in [0.25, 0.3) is 0 Å². The van der Waals surface area contributed by atoms with Crippen LogP contribution < -0.4 is 0 Å². The zero-order valence-electron chi connectivity index (χ0n) is 10.4. The molecule has 1 N–H and O–H groups in total. The van der Waals surface area contributed by atoms with Gasteiger partial charge in [0, 0.05) is 13.1 Å². The Kier molecular flexibility index (Phi) is 6.72. The minimum absolute atomic E-state index is 0.103. The molecule has 0 saturated carbocycles. The summed E-state index contributed by atoms with van der Waals surface area (Å²) in [7, 11) is 0. The lowest BCUT2D eigenvalue weighted by atomic mass is 10.2. The average Bonchev–Trinajstić information content (AvgIpc) is 2.38. The van der Waals surface area contributed by atoms with Crippen LogP contribution in [0.1, 0.15) is 17.3 Å². The van der Waals surface area contributed by atoms with E-state index >= 15 is 0 Å². The van der Waals surface area contributed by atoms with Crippen LogP contribution in [0.5, 0.6) is 0 Å². The van der Waals surface area contributed by atoms with Gasteiger partial charge in [-0.2, -0.15) is 0 Å². The van der Waals surface area contributed by atoms with Gasteiger partial charge in [0.15, 0.2) is 0 Å². The van der Waals surface area contributed by atoms with E-state index in [1.807, 2.05) is 11.8 Å². The number of likely N-dealkylation sites (N-methyl/N-ethyl adjacent to an activating group) is 1. The predicted molar refractivity (Wildman–Crippen MR) is 70.9 cm³/mol. The molecular formula is C13H18ClNO3. The molecule has 1 aromatic rings. The summed E-state index contributed by atoms with van der Waals surface area (Å²) in [4.78, 5) is 13.7. The third kappa shape index (κ3) is 4.64. The van der Waals surface area contributed by atoms with Crippen molar-refractivity contribution in [3.05, 3.63) is 34.9 Å². The molecule has 18 heavy (non-hydrogen) atoms. The molecule has 0 heterocycles. The van der Waals surface area contributed by atoms with E-state index in [2.05, 4.69) is 0 Å². The van der Waals surface area contributed by atoms with Gasteiger partial charge in [0.2, 0.25) is 0 Å². The molecule has 0 aliphatic rings. The quantitative estimate of drug-likeness (QED) is 0.769. The molecule has 0 radical (unpaired) electrons. The van der Waals surface area contributed by atoms with E-state index in [0.29, 0.717) is 23.7 Å². The number of hydrogen-bond donors (Lipinski definition) is 1. The maximum absolute atomic E-state index is 11.7. The summed E-state index contributed by atoms with van der Waals surface area (Å²) in [5.41, 5.74) is 0.379. The number of aliphatic hydroxyl groups is 1. The highest BCUT2D eigenvalue weighted by Crippen LogP contribution is 2.15. The molecule has 1 aromatic carbocycles. The monoisotopic (exact) mass is 271 g/mol. The van der Waals surface area contributed by atoms with Gasteiger partial charge in [-0.15, -0.1) is 0 Å². The topological polar surface area (TPSA) is 49.8 Å². The fourth-order valence-corrected chi connectivity index (χ4v) is 1.75. The van der Waals surface area contributed by atoms with Crippen molar-refractivity contribution < 1.29 is 14.6 Å². The van der Waals surface area contributed by atoms with E-state index < -0.39 is 5.97 Å². The van der Waals surface area contributed by atoms with Gasteiger partial charge < -0.3 is 9.84 Å². The lowest BCUT2D eigenvalue weighted by molar-refractivity contribution is 0.0457. The Hall–Kier alpha value is -1.10. The largest absolute Gasteiger partial charge is 0.461 e. The first kappa shape index (κ1) is 15.0. The molecule has 0 aromatic heterocycles. The molecule has 5 heteroatoms. The SMILES string of the molecule is CCN(CCO)CCOC(=O)c1ccccc1Cl. The molecule has 0 atom stereocenters. The summed E-state index contributed by atoms with van der Waals surface area (Å²) >= 11 is 5.89. The molecule has 4 nitrogen and oxygen atoms in total. The van der Waals surface area contributed by atoms with Crippen molar-refractivity contribution in [3.63, 3.8) is 0 Å². The number of esters is 1. The third-order valence-electron chi connectivity index (χ3n) is 2.60. The van der Waals surface area contributed by atoms with Crippen LogP contribution in [0.2, 0.25) is 5.02 Å². The minimum atomic E-state index is -0.416. The van der Waals surface area contributed by atoms with Gasteiger partial charge >= 0.3 is 5.97 Å². The maximum Gasteiger partial charge on any atom is 0.339 e. The third-order valence-corrected chi connectivity index (χ3v) is 2.93. The molecule has 0 bridgehead atoms.